The Kier molecular flexibility index (Phi) is 4.83. The van der Waals surface area contributed by atoms with Gasteiger partial charge in [0.2, 0.25) is 5.91 Å². The van der Waals surface area contributed by atoms with Crippen molar-refractivity contribution < 1.29 is 19.1 Å². The van der Waals surface area contributed by atoms with Crippen molar-refractivity contribution >= 4 is 23.5 Å². The summed E-state index contributed by atoms with van der Waals surface area (Å²) in [4.78, 5) is 39.2. The van der Waals surface area contributed by atoms with Crippen molar-refractivity contribution in [2.45, 2.75) is 69.9 Å². The third kappa shape index (κ3) is 3.61. The number of benzene rings is 1. The molecule has 0 spiro atoms. The van der Waals surface area contributed by atoms with Crippen molar-refractivity contribution in [2.75, 3.05) is 11.4 Å². The quantitative estimate of drug-likeness (QED) is 0.755. The Morgan fingerprint density at radius 1 is 1.13 bits per heavy atom. The minimum Gasteiger partial charge on any atom is -0.449 e. The molecule has 2 amide bonds. The van der Waals surface area contributed by atoms with Crippen LogP contribution >= 0.6 is 0 Å². The maximum Gasteiger partial charge on any atom is 0.338 e. The van der Waals surface area contributed by atoms with Gasteiger partial charge in [0, 0.05) is 24.2 Å². The molecule has 0 aromatic heterocycles. The molecule has 6 rings (SSSR count). The van der Waals surface area contributed by atoms with Gasteiger partial charge >= 0.3 is 5.97 Å². The van der Waals surface area contributed by atoms with Gasteiger partial charge in [-0.05, 0) is 87.8 Å². The normalized spacial score (nSPS) is 32.9. The lowest BCUT2D eigenvalue weighted by atomic mass is 9.53. The highest BCUT2D eigenvalue weighted by Gasteiger charge is 2.51. The number of rotatable bonds is 5. The first-order valence-electron chi connectivity index (χ1n) is 11.3. The summed E-state index contributed by atoms with van der Waals surface area (Å²) in [6, 6.07) is 6.91. The molecule has 1 aromatic carbocycles. The van der Waals surface area contributed by atoms with Gasteiger partial charge in [-0.1, -0.05) is 6.07 Å². The molecule has 1 heterocycles. The van der Waals surface area contributed by atoms with Gasteiger partial charge in [0.15, 0.2) is 6.10 Å². The van der Waals surface area contributed by atoms with Crippen LogP contribution in [-0.2, 0) is 14.3 Å². The topological polar surface area (TPSA) is 75.7 Å². The molecule has 1 atom stereocenters. The Labute approximate surface area is 177 Å². The summed E-state index contributed by atoms with van der Waals surface area (Å²) in [7, 11) is 0. The summed E-state index contributed by atoms with van der Waals surface area (Å²) >= 11 is 0. The molecule has 4 bridgehead atoms. The average Bonchev–Trinajstić information content (AvgIpc) is 3.12. The molecule has 1 aliphatic heterocycles. The van der Waals surface area contributed by atoms with Crippen LogP contribution in [0, 0.1) is 17.8 Å². The van der Waals surface area contributed by atoms with Gasteiger partial charge in [-0.3, -0.25) is 9.59 Å². The maximum atomic E-state index is 12.9. The third-order valence-electron chi connectivity index (χ3n) is 7.55. The number of ether oxygens (including phenoxy) is 1. The molecular weight excluding hydrogens is 380 g/mol. The van der Waals surface area contributed by atoms with E-state index >= 15 is 0 Å². The smallest absolute Gasteiger partial charge is 0.338 e. The molecule has 0 radical (unpaired) electrons. The summed E-state index contributed by atoms with van der Waals surface area (Å²) in [6.45, 7) is 2.31. The predicted octanol–water partition coefficient (Wildman–Crippen LogP) is 3.44. The number of amides is 2. The summed E-state index contributed by atoms with van der Waals surface area (Å²) in [6.07, 6.45) is 7.67. The largest absolute Gasteiger partial charge is 0.449 e. The second kappa shape index (κ2) is 7.40. The Balaban J connectivity index is 1.22. The number of esters is 1. The number of hydrogen-bond acceptors (Lipinski definition) is 4. The van der Waals surface area contributed by atoms with Gasteiger partial charge in [0.05, 0.1) is 5.56 Å². The zero-order valence-corrected chi connectivity index (χ0v) is 17.6. The van der Waals surface area contributed by atoms with Gasteiger partial charge in [-0.15, -0.1) is 0 Å². The first-order chi connectivity index (χ1) is 14.4. The van der Waals surface area contributed by atoms with E-state index in [1.807, 2.05) is 6.07 Å². The van der Waals surface area contributed by atoms with E-state index in [0.717, 1.165) is 43.4 Å². The second-order valence-corrected chi connectivity index (χ2v) is 9.93. The van der Waals surface area contributed by atoms with Gasteiger partial charge in [0.25, 0.3) is 5.91 Å². The number of hydrogen-bond donors (Lipinski definition) is 1. The molecule has 6 nitrogen and oxygen atoms in total. The molecule has 1 aromatic rings. The monoisotopic (exact) mass is 410 g/mol. The van der Waals surface area contributed by atoms with Crippen LogP contribution in [0.3, 0.4) is 0 Å². The lowest BCUT2D eigenvalue weighted by Gasteiger charge is -2.57. The van der Waals surface area contributed by atoms with Crippen LogP contribution in [0.25, 0.3) is 0 Å². The van der Waals surface area contributed by atoms with E-state index in [-0.39, 0.29) is 17.4 Å². The molecular formula is C24H30N2O4. The van der Waals surface area contributed by atoms with Crippen LogP contribution in [0.1, 0.15) is 68.6 Å². The van der Waals surface area contributed by atoms with E-state index in [4.69, 9.17) is 4.74 Å². The van der Waals surface area contributed by atoms with Crippen LogP contribution in [-0.4, -0.2) is 36.0 Å². The van der Waals surface area contributed by atoms with Gasteiger partial charge in [-0.25, -0.2) is 4.79 Å². The van der Waals surface area contributed by atoms with Gasteiger partial charge in [0.1, 0.15) is 0 Å². The highest BCUT2D eigenvalue weighted by atomic mass is 16.5. The van der Waals surface area contributed by atoms with Crippen molar-refractivity contribution in [3.05, 3.63) is 29.8 Å². The van der Waals surface area contributed by atoms with Crippen molar-refractivity contribution in [3.63, 3.8) is 0 Å². The van der Waals surface area contributed by atoms with E-state index in [1.165, 1.54) is 19.3 Å². The average molecular weight is 411 g/mol. The van der Waals surface area contributed by atoms with Crippen LogP contribution in [0.15, 0.2) is 24.3 Å². The maximum absolute atomic E-state index is 12.9. The standard InChI is InChI=1S/C24H30N2O4/c1-15(22(28)25-24-12-16-8-17(13-24)10-18(9-16)14-24)30-23(29)19-4-2-5-20(11-19)26-7-3-6-21(26)27/h2,4-5,11,15-18H,3,6-10,12-14H2,1H3,(H,25,28)/t15-,16?,17?,18?,24?/m0/s1. The molecule has 0 unspecified atom stereocenters. The molecule has 1 N–H and O–H groups in total. The van der Waals surface area contributed by atoms with Crippen molar-refractivity contribution in [1.82, 2.24) is 5.32 Å². The van der Waals surface area contributed by atoms with E-state index in [0.29, 0.717) is 24.2 Å². The Morgan fingerprint density at radius 2 is 1.80 bits per heavy atom. The SMILES string of the molecule is C[C@H](OC(=O)c1cccc(N2CCCC2=O)c1)C(=O)NC12CC3CC(CC(C3)C1)C2. The summed E-state index contributed by atoms with van der Waals surface area (Å²) in [5.74, 6) is 1.57. The number of nitrogens with one attached hydrogen (secondary N) is 1. The highest BCUT2D eigenvalue weighted by molar-refractivity contribution is 5.98. The van der Waals surface area contributed by atoms with Crippen LogP contribution in [0.2, 0.25) is 0 Å². The fraction of sp³-hybridized carbons (Fsp3) is 0.625. The van der Waals surface area contributed by atoms with Crippen molar-refractivity contribution in [1.29, 1.82) is 0 Å². The molecule has 4 saturated carbocycles. The van der Waals surface area contributed by atoms with Crippen molar-refractivity contribution in [3.8, 4) is 0 Å². The molecule has 30 heavy (non-hydrogen) atoms. The molecule has 5 fully saturated rings. The van der Waals surface area contributed by atoms with Gasteiger partial charge < -0.3 is 15.0 Å². The summed E-state index contributed by atoms with van der Waals surface area (Å²) < 4.78 is 5.50. The Bertz CT molecular complexity index is 844. The zero-order chi connectivity index (χ0) is 20.9. The lowest BCUT2D eigenvalue weighted by Crippen LogP contribution is -2.61. The lowest BCUT2D eigenvalue weighted by molar-refractivity contribution is -0.134. The predicted molar refractivity (Wildman–Crippen MR) is 112 cm³/mol. The van der Waals surface area contributed by atoms with E-state index in [2.05, 4.69) is 5.32 Å². The summed E-state index contributed by atoms with van der Waals surface area (Å²) in [5.41, 5.74) is 0.974. The first kappa shape index (κ1) is 19.6. The zero-order valence-electron chi connectivity index (χ0n) is 17.6. The van der Waals surface area contributed by atoms with E-state index in [9.17, 15) is 14.4 Å². The van der Waals surface area contributed by atoms with Gasteiger partial charge in [-0.2, -0.15) is 0 Å². The highest BCUT2D eigenvalue weighted by Crippen LogP contribution is 2.55. The Hall–Kier alpha value is -2.37. The Morgan fingerprint density at radius 3 is 2.40 bits per heavy atom. The summed E-state index contributed by atoms with van der Waals surface area (Å²) in [5, 5.41) is 3.27. The minimum absolute atomic E-state index is 0.0730. The van der Waals surface area contributed by atoms with Crippen LogP contribution < -0.4 is 10.2 Å². The third-order valence-corrected chi connectivity index (χ3v) is 7.55. The minimum atomic E-state index is -0.845. The number of carbonyl (C=O) groups is 3. The first-order valence-corrected chi connectivity index (χ1v) is 11.3. The number of nitrogens with zero attached hydrogens (tertiary/aromatic N) is 1. The molecule has 6 heteroatoms. The van der Waals surface area contributed by atoms with Crippen LogP contribution in [0.5, 0.6) is 0 Å². The number of carbonyl (C=O) groups excluding carboxylic acids is 3. The molecule has 160 valence electrons. The van der Waals surface area contributed by atoms with Crippen molar-refractivity contribution in [2.24, 2.45) is 17.8 Å². The fourth-order valence-corrected chi connectivity index (χ4v) is 6.63. The molecule has 5 aliphatic rings. The fourth-order valence-electron chi connectivity index (χ4n) is 6.63. The van der Waals surface area contributed by atoms with E-state index < -0.39 is 12.1 Å². The number of anilines is 1. The second-order valence-electron chi connectivity index (χ2n) is 9.93. The van der Waals surface area contributed by atoms with Crippen LogP contribution in [0.4, 0.5) is 5.69 Å². The van der Waals surface area contributed by atoms with E-state index in [1.54, 1.807) is 30.0 Å². The molecule has 4 aliphatic carbocycles. The molecule has 1 saturated heterocycles.